The van der Waals surface area contributed by atoms with Gasteiger partial charge in [-0.15, -0.1) is 0 Å². The minimum Gasteiger partial charge on any atom is -0.478 e. The molecule has 3 N–H and O–H groups in total. The van der Waals surface area contributed by atoms with E-state index < -0.39 is 16.0 Å². The summed E-state index contributed by atoms with van der Waals surface area (Å²) in [5, 5.41) is 12.5. The van der Waals surface area contributed by atoms with Gasteiger partial charge < -0.3 is 10.4 Å². The largest absolute Gasteiger partial charge is 0.478 e. The highest BCUT2D eigenvalue weighted by Crippen LogP contribution is 2.25. The molecule has 0 heterocycles. The number of aromatic carboxylic acids is 1. The fourth-order valence-electron chi connectivity index (χ4n) is 3.69. The molecule has 0 aliphatic heterocycles. The molecule has 29 heavy (non-hydrogen) atoms. The summed E-state index contributed by atoms with van der Waals surface area (Å²) in [5.41, 5.74) is 1.52. The minimum absolute atomic E-state index is 0.00490. The monoisotopic (exact) mass is 416 g/mol. The van der Waals surface area contributed by atoms with Crippen molar-refractivity contribution < 1.29 is 18.3 Å². The van der Waals surface area contributed by atoms with E-state index in [1.807, 2.05) is 30.3 Å². The van der Waals surface area contributed by atoms with E-state index >= 15 is 0 Å². The summed E-state index contributed by atoms with van der Waals surface area (Å²) in [6, 6.07) is 14.0. The average Bonchev–Trinajstić information content (AvgIpc) is 2.97. The second-order valence-corrected chi connectivity index (χ2v) is 9.17. The Morgan fingerprint density at radius 2 is 1.69 bits per heavy atom. The molecule has 2 aromatic carbocycles. The lowest BCUT2D eigenvalue weighted by Gasteiger charge is -2.19. The van der Waals surface area contributed by atoms with Crippen molar-refractivity contribution in [1.82, 2.24) is 4.72 Å². The molecule has 0 saturated heterocycles. The number of hydrogen-bond donors (Lipinski definition) is 3. The van der Waals surface area contributed by atoms with Crippen LogP contribution in [0.25, 0.3) is 0 Å². The van der Waals surface area contributed by atoms with Gasteiger partial charge in [0.1, 0.15) is 4.90 Å². The van der Waals surface area contributed by atoms with Gasteiger partial charge in [-0.25, -0.2) is 17.9 Å². The van der Waals surface area contributed by atoms with Gasteiger partial charge >= 0.3 is 5.97 Å². The molecule has 0 radical (unpaired) electrons. The first-order chi connectivity index (χ1) is 14.0. The highest BCUT2D eigenvalue weighted by molar-refractivity contribution is 7.89. The van der Waals surface area contributed by atoms with Crippen molar-refractivity contribution in [2.45, 2.75) is 55.9 Å². The maximum atomic E-state index is 13.1. The SMILES string of the molecule is O=C(O)c1ccc(NCCc2ccccc2)c(S(=O)(=O)NC2CCCCCC2)c1. The van der Waals surface area contributed by atoms with Crippen LogP contribution in [0.5, 0.6) is 0 Å². The zero-order chi connectivity index (χ0) is 20.7. The molecule has 3 rings (SSSR count). The van der Waals surface area contributed by atoms with Gasteiger partial charge in [0.05, 0.1) is 11.3 Å². The Kier molecular flexibility index (Phi) is 7.28. The first-order valence-electron chi connectivity index (χ1n) is 10.1. The average molecular weight is 417 g/mol. The molecule has 6 nitrogen and oxygen atoms in total. The van der Waals surface area contributed by atoms with Gasteiger partial charge in [0.2, 0.25) is 10.0 Å². The number of hydrogen-bond acceptors (Lipinski definition) is 4. The number of anilines is 1. The summed E-state index contributed by atoms with van der Waals surface area (Å²) in [6.07, 6.45) is 6.62. The number of carboxylic acids is 1. The molecule has 1 saturated carbocycles. The third kappa shape index (κ3) is 6.05. The molecule has 1 aliphatic rings. The normalized spacial score (nSPS) is 15.6. The van der Waals surface area contributed by atoms with Crippen molar-refractivity contribution in [3.05, 3.63) is 59.7 Å². The van der Waals surface area contributed by atoms with Crippen LogP contribution in [0.4, 0.5) is 5.69 Å². The molecule has 1 fully saturated rings. The number of nitrogens with one attached hydrogen (secondary N) is 2. The van der Waals surface area contributed by atoms with Crippen LogP contribution in [0.1, 0.15) is 54.4 Å². The summed E-state index contributed by atoms with van der Waals surface area (Å²) in [4.78, 5) is 11.4. The Bertz CT molecular complexity index is 921. The van der Waals surface area contributed by atoms with Gasteiger partial charge in [-0.1, -0.05) is 56.0 Å². The van der Waals surface area contributed by atoms with Crippen LogP contribution in [-0.4, -0.2) is 32.1 Å². The molecule has 0 bridgehead atoms. The topological polar surface area (TPSA) is 95.5 Å². The lowest BCUT2D eigenvalue weighted by Crippen LogP contribution is -2.35. The molecule has 1 aliphatic carbocycles. The zero-order valence-electron chi connectivity index (χ0n) is 16.4. The van der Waals surface area contributed by atoms with Crippen LogP contribution in [0, 0.1) is 0 Å². The lowest BCUT2D eigenvalue weighted by atomic mass is 10.1. The first-order valence-corrected chi connectivity index (χ1v) is 11.6. The molecule has 7 heteroatoms. The van der Waals surface area contributed by atoms with Crippen molar-refractivity contribution in [3.8, 4) is 0 Å². The maximum Gasteiger partial charge on any atom is 0.335 e. The van der Waals surface area contributed by atoms with Crippen molar-refractivity contribution >= 4 is 21.7 Å². The first kappa shape index (κ1) is 21.3. The maximum absolute atomic E-state index is 13.1. The van der Waals surface area contributed by atoms with Crippen LogP contribution in [-0.2, 0) is 16.4 Å². The smallest absolute Gasteiger partial charge is 0.335 e. The fourth-order valence-corrected chi connectivity index (χ4v) is 5.20. The van der Waals surface area contributed by atoms with Crippen molar-refractivity contribution in [3.63, 3.8) is 0 Å². The molecular formula is C22H28N2O4S. The summed E-state index contributed by atoms with van der Waals surface area (Å²) in [5.74, 6) is -1.15. The van der Waals surface area contributed by atoms with Gasteiger partial charge in [-0.05, 0) is 43.0 Å². The van der Waals surface area contributed by atoms with E-state index in [0.29, 0.717) is 12.2 Å². The summed E-state index contributed by atoms with van der Waals surface area (Å²) >= 11 is 0. The lowest BCUT2D eigenvalue weighted by molar-refractivity contribution is 0.0696. The number of benzene rings is 2. The number of carboxylic acid groups (broad SMARTS) is 1. The summed E-state index contributed by atoms with van der Waals surface area (Å²) in [7, 11) is -3.83. The number of sulfonamides is 1. The van der Waals surface area contributed by atoms with Crippen molar-refractivity contribution in [1.29, 1.82) is 0 Å². The quantitative estimate of drug-likeness (QED) is 0.565. The van der Waals surface area contributed by atoms with E-state index in [1.54, 1.807) is 0 Å². The van der Waals surface area contributed by atoms with Gasteiger partial charge in [-0.2, -0.15) is 0 Å². The Hall–Kier alpha value is -2.38. The van der Waals surface area contributed by atoms with E-state index in [4.69, 9.17) is 0 Å². The Balaban J connectivity index is 1.79. The third-order valence-electron chi connectivity index (χ3n) is 5.27. The van der Waals surface area contributed by atoms with Crippen LogP contribution in [0.3, 0.4) is 0 Å². The predicted molar refractivity (Wildman–Crippen MR) is 114 cm³/mol. The van der Waals surface area contributed by atoms with E-state index in [2.05, 4.69) is 10.0 Å². The molecule has 0 spiro atoms. The molecule has 0 unspecified atom stereocenters. The second kappa shape index (κ2) is 9.89. The number of carbonyl (C=O) groups is 1. The van der Waals surface area contributed by atoms with Gasteiger partial charge in [0, 0.05) is 12.6 Å². The highest BCUT2D eigenvalue weighted by Gasteiger charge is 2.25. The van der Waals surface area contributed by atoms with E-state index in [-0.39, 0.29) is 16.5 Å². The molecule has 0 atom stereocenters. The van der Waals surface area contributed by atoms with Gasteiger partial charge in [0.15, 0.2) is 0 Å². The van der Waals surface area contributed by atoms with Crippen LogP contribution >= 0.6 is 0 Å². The summed E-state index contributed by atoms with van der Waals surface area (Å²) < 4.78 is 29.0. The fraction of sp³-hybridized carbons (Fsp3) is 0.409. The zero-order valence-corrected chi connectivity index (χ0v) is 17.2. The highest BCUT2D eigenvalue weighted by atomic mass is 32.2. The van der Waals surface area contributed by atoms with E-state index in [0.717, 1.165) is 50.5 Å². The Labute approximate surface area is 172 Å². The Morgan fingerprint density at radius 3 is 2.34 bits per heavy atom. The van der Waals surface area contributed by atoms with Crippen LogP contribution in [0.2, 0.25) is 0 Å². The van der Waals surface area contributed by atoms with Crippen molar-refractivity contribution in [2.75, 3.05) is 11.9 Å². The van der Waals surface area contributed by atoms with Gasteiger partial charge in [-0.3, -0.25) is 0 Å². The van der Waals surface area contributed by atoms with E-state index in [9.17, 15) is 18.3 Å². The molecule has 2 aromatic rings. The second-order valence-electron chi connectivity index (χ2n) is 7.49. The Morgan fingerprint density at radius 1 is 1.00 bits per heavy atom. The molecule has 156 valence electrons. The minimum atomic E-state index is -3.83. The van der Waals surface area contributed by atoms with Crippen LogP contribution < -0.4 is 10.0 Å². The predicted octanol–water partition coefficient (Wildman–Crippen LogP) is 4.04. The summed E-state index contributed by atoms with van der Waals surface area (Å²) in [6.45, 7) is 0.544. The van der Waals surface area contributed by atoms with Crippen molar-refractivity contribution in [2.24, 2.45) is 0 Å². The number of rotatable bonds is 8. The standard InChI is InChI=1S/C22H28N2O4S/c25-22(26)18-12-13-20(23-15-14-17-8-4-3-5-9-17)21(16-18)29(27,28)24-19-10-6-1-2-7-11-19/h3-5,8-9,12-13,16,19,23-24H,1-2,6-7,10-11,14-15H2,(H,25,26). The van der Waals surface area contributed by atoms with Crippen LogP contribution in [0.15, 0.2) is 53.4 Å². The molecule has 0 aromatic heterocycles. The molecule has 0 amide bonds. The van der Waals surface area contributed by atoms with Gasteiger partial charge in [0.25, 0.3) is 0 Å². The van der Waals surface area contributed by atoms with E-state index in [1.165, 1.54) is 18.2 Å². The molecular weight excluding hydrogens is 388 g/mol. The third-order valence-corrected chi connectivity index (χ3v) is 6.83.